The largest absolute Gasteiger partial charge is 0.102 e. The van der Waals surface area contributed by atoms with E-state index in [0.717, 1.165) is 23.7 Å². The highest BCUT2D eigenvalue weighted by atomic mass is 14.7. The summed E-state index contributed by atoms with van der Waals surface area (Å²) < 4.78 is 0. The lowest BCUT2D eigenvalue weighted by Crippen LogP contribution is -2.24. The van der Waals surface area contributed by atoms with Crippen LogP contribution in [-0.4, -0.2) is 0 Å². The van der Waals surface area contributed by atoms with Crippen LogP contribution in [0.5, 0.6) is 0 Å². The molecule has 4 rings (SSSR count). The molecule has 74 valence electrons. The minimum atomic E-state index is 0.517. The van der Waals surface area contributed by atoms with Gasteiger partial charge in [-0.05, 0) is 55.8 Å². The molecule has 0 spiro atoms. The van der Waals surface area contributed by atoms with E-state index in [-0.39, 0.29) is 0 Å². The van der Waals surface area contributed by atoms with Crippen molar-refractivity contribution in [1.82, 2.24) is 0 Å². The molecular formula is C14H18. The first-order chi connectivity index (χ1) is 6.87. The van der Waals surface area contributed by atoms with Crippen LogP contribution < -0.4 is 0 Å². The predicted octanol–water partition coefficient (Wildman–Crippen LogP) is 3.55. The van der Waals surface area contributed by atoms with Gasteiger partial charge in [-0.15, -0.1) is 6.58 Å². The Morgan fingerprint density at radius 2 is 2.36 bits per heavy atom. The van der Waals surface area contributed by atoms with Gasteiger partial charge in [0.25, 0.3) is 0 Å². The molecule has 0 heterocycles. The molecule has 4 aliphatic rings. The van der Waals surface area contributed by atoms with Crippen molar-refractivity contribution in [3.63, 3.8) is 0 Å². The van der Waals surface area contributed by atoms with Crippen LogP contribution >= 0.6 is 0 Å². The van der Waals surface area contributed by atoms with Crippen molar-refractivity contribution in [1.29, 1.82) is 0 Å². The van der Waals surface area contributed by atoms with E-state index in [4.69, 9.17) is 0 Å². The topological polar surface area (TPSA) is 0 Å². The summed E-state index contributed by atoms with van der Waals surface area (Å²) in [5, 5.41) is 0. The molecule has 3 fully saturated rings. The summed E-state index contributed by atoms with van der Waals surface area (Å²) in [6.45, 7) is 4.10. The Morgan fingerprint density at radius 3 is 3.21 bits per heavy atom. The molecule has 0 amide bonds. The molecule has 5 atom stereocenters. The average molecular weight is 186 g/mol. The van der Waals surface area contributed by atoms with Crippen molar-refractivity contribution >= 4 is 0 Å². The van der Waals surface area contributed by atoms with Crippen LogP contribution in [0.4, 0.5) is 0 Å². The summed E-state index contributed by atoms with van der Waals surface area (Å²) in [5.41, 5.74) is 2.34. The zero-order valence-corrected chi connectivity index (χ0v) is 8.71. The fraction of sp³-hybridized carbons (Fsp3) is 0.714. The smallest absolute Gasteiger partial charge is 0.0126 e. The third-order valence-electron chi connectivity index (χ3n) is 5.37. The van der Waals surface area contributed by atoms with E-state index in [1.807, 2.05) is 5.57 Å². The molecule has 0 radical (unpaired) electrons. The second-order valence-electron chi connectivity index (χ2n) is 5.82. The third kappa shape index (κ3) is 0.699. The molecule has 0 aromatic heterocycles. The lowest BCUT2D eigenvalue weighted by Gasteiger charge is -2.33. The highest BCUT2D eigenvalue weighted by molar-refractivity contribution is 5.41. The second-order valence-corrected chi connectivity index (χ2v) is 5.82. The summed E-state index contributed by atoms with van der Waals surface area (Å²) in [6, 6.07) is 0. The normalized spacial score (nSPS) is 57.6. The van der Waals surface area contributed by atoms with E-state index in [1.54, 1.807) is 6.42 Å². The van der Waals surface area contributed by atoms with Crippen molar-refractivity contribution in [2.24, 2.45) is 29.1 Å². The Balaban J connectivity index is 1.83. The molecule has 0 nitrogen and oxygen atoms in total. The Bertz CT molecular complexity index is 338. The second kappa shape index (κ2) is 2.18. The fourth-order valence-corrected chi connectivity index (χ4v) is 4.57. The van der Waals surface area contributed by atoms with E-state index in [2.05, 4.69) is 18.7 Å². The number of hydrogen-bond acceptors (Lipinski definition) is 0. The number of allylic oxidation sites excluding steroid dienone is 3. The number of rotatable bonds is 1. The van der Waals surface area contributed by atoms with E-state index in [9.17, 15) is 0 Å². The van der Waals surface area contributed by atoms with E-state index in [0.29, 0.717) is 5.41 Å². The van der Waals surface area contributed by atoms with Crippen LogP contribution in [-0.2, 0) is 0 Å². The molecular weight excluding hydrogens is 168 g/mol. The van der Waals surface area contributed by atoms with Crippen LogP contribution in [0.25, 0.3) is 0 Å². The highest BCUT2D eigenvalue weighted by Crippen LogP contribution is 2.77. The minimum Gasteiger partial charge on any atom is -0.102 e. The van der Waals surface area contributed by atoms with Gasteiger partial charge in [-0.3, -0.25) is 0 Å². The summed E-state index contributed by atoms with van der Waals surface area (Å²) in [6.07, 6.45) is 12.1. The molecule has 0 aromatic carbocycles. The molecule has 0 bridgehead atoms. The average Bonchev–Trinajstić information content (AvgIpc) is 3.11. The van der Waals surface area contributed by atoms with Crippen molar-refractivity contribution in [3.05, 3.63) is 24.3 Å². The predicted molar refractivity (Wildman–Crippen MR) is 57.8 cm³/mol. The van der Waals surface area contributed by atoms with Gasteiger partial charge in [0.1, 0.15) is 0 Å². The molecule has 3 saturated carbocycles. The Hall–Kier alpha value is -0.520. The minimum absolute atomic E-state index is 0.517. The van der Waals surface area contributed by atoms with Crippen LogP contribution in [0.3, 0.4) is 0 Å². The number of fused-ring (bicyclic) bond motifs is 6. The van der Waals surface area contributed by atoms with Crippen LogP contribution in [0.1, 0.15) is 32.1 Å². The van der Waals surface area contributed by atoms with Crippen molar-refractivity contribution in [2.75, 3.05) is 0 Å². The van der Waals surface area contributed by atoms with E-state index in [1.165, 1.54) is 25.7 Å². The quantitative estimate of drug-likeness (QED) is 0.549. The molecule has 0 N–H and O–H groups in total. The summed E-state index contributed by atoms with van der Waals surface area (Å²) in [4.78, 5) is 0. The Kier molecular flexibility index (Phi) is 1.20. The van der Waals surface area contributed by atoms with Gasteiger partial charge in [0.2, 0.25) is 0 Å². The van der Waals surface area contributed by atoms with Gasteiger partial charge >= 0.3 is 0 Å². The van der Waals surface area contributed by atoms with Crippen molar-refractivity contribution in [2.45, 2.75) is 32.1 Å². The van der Waals surface area contributed by atoms with Gasteiger partial charge in [-0.1, -0.05) is 17.7 Å². The SMILES string of the molecule is C=CC12CC1C1CC1C1CCCC=C12. The molecule has 14 heavy (non-hydrogen) atoms. The van der Waals surface area contributed by atoms with Gasteiger partial charge in [-0.2, -0.15) is 0 Å². The van der Waals surface area contributed by atoms with Gasteiger partial charge in [0, 0.05) is 5.41 Å². The summed E-state index contributed by atoms with van der Waals surface area (Å²) in [5.74, 6) is 4.20. The molecule has 0 aliphatic heterocycles. The molecule has 5 unspecified atom stereocenters. The first-order valence-electron chi connectivity index (χ1n) is 6.21. The first-order valence-corrected chi connectivity index (χ1v) is 6.21. The van der Waals surface area contributed by atoms with Gasteiger partial charge in [0.05, 0.1) is 0 Å². The monoisotopic (exact) mass is 186 g/mol. The standard InChI is InChI=1S/C14H18/c1-2-14-8-13(14)11-7-10(11)9-5-3-4-6-12(9)14/h2,6,9-11,13H,1,3-5,7-8H2. The van der Waals surface area contributed by atoms with Crippen LogP contribution in [0, 0.1) is 29.1 Å². The fourth-order valence-electron chi connectivity index (χ4n) is 4.57. The zero-order valence-electron chi connectivity index (χ0n) is 8.71. The summed E-state index contributed by atoms with van der Waals surface area (Å²) in [7, 11) is 0. The maximum absolute atomic E-state index is 4.10. The van der Waals surface area contributed by atoms with Crippen molar-refractivity contribution in [3.8, 4) is 0 Å². The number of hydrogen-bond donors (Lipinski definition) is 0. The van der Waals surface area contributed by atoms with E-state index < -0.39 is 0 Å². The lowest BCUT2D eigenvalue weighted by atomic mass is 9.71. The maximum Gasteiger partial charge on any atom is 0.0126 e. The van der Waals surface area contributed by atoms with Crippen LogP contribution in [0.15, 0.2) is 24.3 Å². The van der Waals surface area contributed by atoms with Gasteiger partial charge in [0.15, 0.2) is 0 Å². The molecule has 4 aliphatic carbocycles. The third-order valence-corrected chi connectivity index (χ3v) is 5.37. The molecule has 0 saturated heterocycles. The van der Waals surface area contributed by atoms with Crippen molar-refractivity contribution < 1.29 is 0 Å². The Labute approximate surface area is 86.1 Å². The zero-order chi connectivity index (χ0) is 9.34. The Morgan fingerprint density at radius 1 is 1.43 bits per heavy atom. The molecule has 0 heteroatoms. The van der Waals surface area contributed by atoms with Gasteiger partial charge < -0.3 is 0 Å². The van der Waals surface area contributed by atoms with E-state index >= 15 is 0 Å². The van der Waals surface area contributed by atoms with Crippen LogP contribution in [0.2, 0.25) is 0 Å². The molecule has 0 aromatic rings. The first kappa shape index (κ1) is 7.73. The van der Waals surface area contributed by atoms with Gasteiger partial charge in [-0.25, -0.2) is 0 Å². The highest BCUT2D eigenvalue weighted by Gasteiger charge is 2.69. The summed E-state index contributed by atoms with van der Waals surface area (Å²) >= 11 is 0. The lowest BCUT2D eigenvalue weighted by molar-refractivity contribution is 0.337. The maximum atomic E-state index is 4.10.